The van der Waals surface area contributed by atoms with Crippen molar-refractivity contribution in [3.63, 3.8) is 0 Å². The van der Waals surface area contributed by atoms with Gasteiger partial charge in [-0.1, -0.05) is 42.8 Å². The number of likely N-dealkylation sites (tertiary alicyclic amines) is 1. The number of amides is 3. The van der Waals surface area contributed by atoms with Crippen LogP contribution in [0, 0.1) is 24.7 Å². The van der Waals surface area contributed by atoms with E-state index >= 15 is 0 Å². The van der Waals surface area contributed by atoms with Gasteiger partial charge in [-0.3, -0.25) is 14.4 Å². The van der Waals surface area contributed by atoms with Crippen LogP contribution in [0.4, 0.5) is 11.4 Å². The molecule has 3 aliphatic rings. The number of carbonyl (C=O) groups excluding carboxylic acids is 3. The molecule has 3 aliphatic heterocycles. The highest BCUT2D eigenvalue weighted by Gasteiger charge is 2.80. The normalized spacial score (nSPS) is 27.8. The number of halogens is 1. The van der Waals surface area contributed by atoms with Gasteiger partial charge in [0.05, 0.1) is 34.8 Å². The third-order valence-electron chi connectivity index (χ3n) is 9.94. The molecule has 5 rings (SSSR count). The number of nitrogens with zero attached hydrogens (tertiary/aromatic N) is 3. The Kier molecular flexibility index (Phi) is 9.68. The maximum atomic E-state index is 14.9. The zero-order valence-electron chi connectivity index (χ0n) is 27.1. The lowest BCUT2D eigenvalue weighted by Gasteiger charge is -2.39. The Morgan fingerprint density at radius 2 is 1.80 bits per heavy atom. The van der Waals surface area contributed by atoms with Crippen molar-refractivity contribution in [2.75, 3.05) is 42.6 Å². The van der Waals surface area contributed by atoms with E-state index in [1.54, 1.807) is 28.0 Å². The Labute approximate surface area is 276 Å². The molecule has 3 amide bonds. The smallest absolute Gasteiger partial charge is 0.253 e. The van der Waals surface area contributed by atoms with Crippen LogP contribution < -0.4 is 14.5 Å². The van der Waals surface area contributed by atoms with E-state index in [9.17, 15) is 19.5 Å². The first kappa shape index (κ1) is 33.7. The molecule has 0 aliphatic carbocycles. The van der Waals surface area contributed by atoms with Gasteiger partial charge >= 0.3 is 0 Å². The highest BCUT2D eigenvalue weighted by atomic mass is 35.5. The fourth-order valence-electron chi connectivity index (χ4n) is 7.92. The minimum Gasteiger partial charge on any atom is -0.494 e. The van der Waals surface area contributed by atoms with Crippen LogP contribution in [0.1, 0.15) is 39.2 Å². The second-order valence-corrected chi connectivity index (χ2v) is 13.0. The van der Waals surface area contributed by atoms with E-state index in [1.807, 2.05) is 64.1 Å². The number of fused-ring (bicyclic) bond motifs is 1. The number of anilines is 2. The third-order valence-corrected chi connectivity index (χ3v) is 10.2. The standard InChI is InChI=1S/C36H44ClN3O6/c1-7-18-38(25-14-16-26(17-15-25)45-9-3)32(42)28-29-33(43)40(20-11-21-41)31(36(29)22-24(5)35(28,6)46-36)34(44)39(19-8-2)30-23(4)12-10-13-27(30)37/h7-8,10,12-17,24,28-29,31,41H,1-2,9,11,18-22H2,3-6H3/t24?,28-,29-,31?,35+,36?/m0/s1. The molecule has 0 radical (unpaired) electrons. The van der Waals surface area contributed by atoms with Gasteiger partial charge in [0.2, 0.25) is 11.8 Å². The third kappa shape index (κ3) is 5.32. The predicted octanol–water partition coefficient (Wildman–Crippen LogP) is 5.18. The quantitative estimate of drug-likeness (QED) is 0.300. The number of aliphatic hydroxyl groups is 1. The van der Waals surface area contributed by atoms with Gasteiger partial charge in [0.15, 0.2) is 0 Å². The van der Waals surface area contributed by atoms with Crippen LogP contribution in [0.2, 0.25) is 5.02 Å². The predicted molar refractivity (Wildman–Crippen MR) is 179 cm³/mol. The minimum absolute atomic E-state index is 0.137. The first-order valence-corrected chi connectivity index (χ1v) is 16.3. The summed E-state index contributed by atoms with van der Waals surface area (Å²) < 4.78 is 12.5. The van der Waals surface area contributed by atoms with Crippen molar-refractivity contribution in [1.29, 1.82) is 0 Å². The molecule has 1 spiro atoms. The maximum absolute atomic E-state index is 14.9. The fourth-order valence-corrected chi connectivity index (χ4v) is 8.24. The van der Waals surface area contributed by atoms with Gasteiger partial charge in [0, 0.05) is 31.9 Å². The summed E-state index contributed by atoms with van der Waals surface area (Å²) >= 11 is 6.67. The first-order valence-electron chi connectivity index (χ1n) is 15.9. The second kappa shape index (κ2) is 13.2. The molecule has 3 saturated heterocycles. The number of hydrogen-bond donors (Lipinski definition) is 1. The van der Waals surface area contributed by atoms with Crippen molar-refractivity contribution >= 4 is 40.7 Å². The zero-order chi connectivity index (χ0) is 33.4. The SMILES string of the molecule is C=CCN(C(=O)[C@@H]1[C@H]2C(=O)N(CCCO)C(C(=O)N(CC=C)c3c(C)cccc3Cl)C23CC(C)[C@@]1(C)O3)c1ccc(OCC)cc1. The van der Waals surface area contributed by atoms with Crippen LogP contribution in [0.15, 0.2) is 67.8 Å². The van der Waals surface area contributed by atoms with Crippen molar-refractivity contribution in [1.82, 2.24) is 4.90 Å². The van der Waals surface area contributed by atoms with Crippen molar-refractivity contribution in [3.05, 3.63) is 78.4 Å². The van der Waals surface area contributed by atoms with Crippen LogP contribution >= 0.6 is 11.6 Å². The molecule has 2 aromatic rings. The summed E-state index contributed by atoms with van der Waals surface area (Å²) in [4.78, 5) is 48.9. The van der Waals surface area contributed by atoms with E-state index in [0.29, 0.717) is 35.2 Å². The highest BCUT2D eigenvalue weighted by Crippen LogP contribution is 2.65. The number of ether oxygens (including phenoxy) is 2. The summed E-state index contributed by atoms with van der Waals surface area (Å²) in [6.07, 6.45) is 3.96. The first-order chi connectivity index (χ1) is 22.0. The van der Waals surface area contributed by atoms with Gasteiger partial charge in [-0.05, 0) is 75.4 Å². The van der Waals surface area contributed by atoms with Crippen LogP contribution in [-0.2, 0) is 19.1 Å². The van der Waals surface area contributed by atoms with E-state index < -0.39 is 29.1 Å². The molecular formula is C36H44ClN3O6. The molecule has 246 valence electrons. The minimum atomic E-state index is -1.26. The Balaban J connectivity index is 1.61. The Morgan fingerprint density at radius 3 is 2.41 bits per heavy atom. The van der Waals surface area contributed by atoms with E-state index in [1.165, 1.54) is 4.90 Å². The molecule has 9 nitrogen and oxygen atoms in total. The van der Waals surface area contributed by atoms with Gasteiger partial charge in [0.1, 0.15) is 17.4 Å². The van der Waals surface area contributed by atoms with Crippen LogP contribution in [0.3, 0.4) is 0 Å². The second-order valence-electron chi connectivity index (χ2n) is 12.6. The number of para-hydroxylation sites is 1. The molecule has 2 bridgehead atoms. The molecule has 6 atom stereocenters. The molecule has 3 fully saturated rings. The molecular weight excluding hydrogens is 606 g/mol. The van der Waals surface area contributed by atoms with E-state index in [4.69, 9.17) is 21.1 Å². The van der Waals surface area contributed by atoms with Gasteiger partial charge in [-0.15, -0.1) is 13.2 Å². The summed E-state index contributed by atoms with van der Waals surface area (Å²) in [6, 6.07) is 11.6. The summed E-state index contributed by atoms with van der Waals surface area (Å²) in [5.74, 6) is -2.16. The Bertz CT molecular complexity index is 1490. The summed E-state index contributed by atoms with van der Waals surface area (Å²) in [5.41, 5.74) is -0.291. The van der Waals surface area contributed by atoms with Crippen LogP contribution in [0.25, 0.3) is 0 Å². The Morgan fingerprint density at radius 1 is 1.13 bits per heavy atom. The van der Waals surface area contributed by atoms with Gasteiger partial charge in [-0.25, -0.2) is 0 Å². The average Bonchev–Trinajstić information content (AvgIpc) is 3.54. The molecule has 3 heterocycles. The van der Waals surface area contributed by atoms with Gasteiger partial charge in [0.25, 0.3) is 5.91 Å². The van der Waals surface area contributed by atoms with Crippen LogP contribution in [0.5, 0.6) is 5.75 Å². The number of hydrogen-bond acceptors (Lipinski definition) is 6. The van der Waals surface area contributed by atoms with E-state index in [2.05, 4.69) is 13.2 Å². The topological polar surface area (TPSA) is 99.6 Å². The fraction of sp³-hybridized carbons (Fsp3) is 0.472. The number of aliphatic hydroxyl groups excluding tert-OH is 1. The zero-order valence-corrected chi connectivity index (χ0v) is 27.8. The lowest BCUT2D eigenvalue weighted by Crippen LogP contribution is -2.57. The van der Waals surface area contributed by atoms with Crippen molar-refractivity contribution in [2.24, 2.45) is 17.8 Å². The number of aryl methyl sites for hydroxylation is 1. The average molecular weight is 650 g/mol. The maximum Gasteiger partial charge on any atom is 0.253 e. The molecule has 2 aromatic carbocycles. The largest absolute Gasteiger partial charge is 0.494 e. The van der Waals surface area contributed by atoms with E-state index in [0.717, 1.165) is 5.56 Å². The summed E-state index contributed by atoms with van der Waals surface area (Å²) in [6.45, 7) is 16.3. The van der Waals surface area contributed by atoms with Gasteiger partial charge < -0.3 is 29.3 Å². The monoisotopic (exact) mass is 649 g/mol. The number of carbonyl (C=O) groups is 3. The molecule has 0 aromatic heterocycles. The number of benzene rings is 2. The lowest BCUT2D eigenvalue weighted by molar-refractivity contribution is -0.146. The highest BCUT2D eigenvalue weighted by molar-refractivity contribution is 6.34. The number of rotatable bonds is 13. The van der Waals surface area contributed by atoms with Crippen molar-refractivity contribution in [3.8, 4) is 5.75 Å². The molecule has 0 saturated carbocycles. The molecule has 46 heavy (non-hydrogen) atoms. The van der Waals surface area contributed by atoms with Crippen LogP contribution in [-0.4, -0.2) is 77.8 Å². The van der Waals surface area contributed by atoms with Crippen molar-refractivity contribution < 1.29 is 29.0 Å². The summed E-state index contributed by atoms with van der Waals surface area (Å²) in [7, 11) is 0. The van der Waals surface area contributed by atoms with Gasteiger partial charge in [-0.2, -0.15) is 0 Å². The van der Waals surface area contributed by atoms with Crippen molar-refractivity contribution in [2.45, 2.75) is 57.8 Å². The van der Waals surface area contributed by atoms with E-state index in [-0.39, 0.29) is 56.3 Å². The lowest BCUT2D eigenvalue weighted by atomic mass is 9.62. The molecule has 3 unspecified atom stereocenters. The summed E-state index contributed by atoms with van der Waals surface area (Å²) in [5, 5.41) is 10.2. The molecule has 1 N–H and O–H groups in total. The Hall–Kier alpha value is -3.66. The molecule has 10 heteroatoms.